The standard InChI is InChI=1S/C37H42ClN3O4S/c1-5-6-22-39-37(43)35(24-30-10-8-7-9-11-30)40(25-31-15-17-32(38)18-16-31)36(42)26-41(33-19-14-28(3)29(4)23-33)46(44,45)34-20-12-27(2)13-21-34/h7-21,23,35H,5-6,22,24-26H2,1-4H3,(H,39,43). The van der Waals surface area contributed by atoms with Crippen molar-refractivity contribution in [3.63, 3.8) is 0 Å². The van der Waals surface area contributed by atoms with E-state index in [9.17, 15) is 18.0 Å². The minimum Gasteiger partial charge on any atom is -0.354 e. The van der Waals surface area contributed by atoms with Gasteiger partial charge in [-0.1, -0.05) is 91.2 Å². The Morgan fingerprint density at radius 1 is 0.826 bits per heavy atom. The average Bonchev–Trinajstić information content (AvgIpc) is 3.04. The number of aryl methyl sites for hydroxylation is 3. The molecule has 0 saturated carbocycles. The average molecular weight is 660 g/mol. The zero-order chi connectivity index (χ0) is 33.3. The van der Waals surface area contributed by atoms with E-state index in [4.69, 9.17) is 11.6 Å². The van der Waals surface area contributed by atoms with Crippen LogP contribution in [0, 0.1) is 20.8 Å². The van der Waals surface area contributed by atoms with Gasteiger partial charge >= 0.3 is 0 Å². The number of carbonyl (C=O) groups excluding carboxylic acids is 2. The first kappa shape index (κ1) is 34.7. The van der Waals surface area contributed by atoms with Crippen LogP contribution in [0.15, 0.2) is 102 Å². The number of hydrogen-bond acceptors (Lipinski definition) is 4. The highest BCUT2D eigenvalue weighted by Crippen LogP contribution is 2.27. The molecule has 4 rings (SSSR count). The van der Waals surface area contributed by atoms with E-state index in [-0.39, 0.29) is 23.8 Å². The van der Waals surface area contributed by atoms with Gasteiger partial charge in [-0.15, -0.1) is 0 Å². The molecule has 0 heterocycles. The van der Waals surface area contributed by atoms with Crippen LogP contribution in [0.25, 0.3) is 0 Å². The van der Waals surface area contributed by atoms with Gasteiger partial charge in [0, 0.05) is 24.5 Å². The smallest absolute Gasteiger partial charge is 0.264 e. The molecule has 4 aromatic rings. The number of sulfonamides is 1. The van der Waals surface area contributed by atoms with Crippen LogP contribution in [0.1, 0.15) is 47.6 Å². The highest BCUT2D eigenvalue weighted by atomic mass is 35.5. The van der Waals surface area contributed by atoms with E-state index in [1.165, 1.54) is 4.90 Å². The van der Waals surface area contributed by atoms with Crippen molar-refractivity contribution >= 4 is 39.1 Å². The van der Waals surface area contributed by atoms with Crippen LogP contribution in [0.3, 0.4) is 0 Å². The molecule has 1 N–H and O–H groups in total. The summed E-state index contributed by atoms with van der Waals surface area (Å²) in [4.78, 5) is 30.0. The van der Waals surface area contributed by atoms with Crippen molar-refractivity contribution in [2.24, 2.45) is 0 Å². The third-order valence-corrected chi connectivity index (χ3v) is 10.1. The number of benzene rings is 4. The number of nitrogens with zero attached hydrogens (tertiary/aromatic N) is 2. The number of amides is 2. The summed E-state index contributed by atoms with van der Waals surface area (Å²) in [5.41, 5.74) is 4.82. The largest absolute Gasteiger partial charge is 0.354 e. The van der Waals surface area contributed by atoms with Crippen LogP contribution in [-0.2, 0) is 32.6 Å². The Hall–Kier alpha value is -4.14. The highest BCUT2D eigenvalue weighted by Gasteiger charge is 2.34. The first-order valence-electron chi connectivity index (χ1n) is 15.5. The summed E-state index contributed by atoms with van der Waals surface area (Å²) in [7, 11) is -4.16. The lowest BCUT2D eigenvalue weighted by Gasteiger charge is -2.34. The fraction of sp³-hybridized carbons (Fsp3) is 0.297. The van der Waals surface area contributed by atoms with E-state index >= 15 is 0 Å². The lowest BCUT2D eigenvalue weighted by molar-refractivity contribution is -0.140. The predicted molar refractivity (Wildman–Crippen MR) is 185 cm³/mol. The van der Waals surface area contributed by atoms with Crippen molar-refractivity contribution in [3.05, 3.63) is 130 Å². The minimum absolute atomic E-state index is 0.0755. The van der Waals surface area contributed by atoms with Crippen LogP contribution in [-0.4, -0.2) is 44.3 Å². The lowest BCUT2D eigenvalue weighted by Crippen LogP contribution is -2.53. The summed E-state index contributed by atoms with van der Waals surface area (Å²) in [5, 5.41) is 3.55. The van der Waals surface area contributed by atoms with Crippen molar-refractivity contribution in [2.45, 2.75) is 64.4 Å². The molecule has 4 aromatic carbocycles. The number of halogens is 1. The molecule has 0 fully saturated rings. The Balaban J connectivity index is 1.80. The monoisotopic (exact) mass is 659 g/mol. The summed E-state index contributed by atoms with van der Waals surface area (Å²) in [5.74, 6) is -0.797. The molecule has 0 saturated heterocycles. The van der Waals surface area contributed by atoms with Gasteiger partial charge in [-0.05, 0) is 85.8 Å². The van der Waals surface area contributed by atoms with E-state index in [1.54, 1.807) is 60.7 Å². The number of unbranched alkanes of at least 4 members (excludes halogenated alkanes) is 1. The molecule has 242 valence electrons. The van der Waals surface area contributed by atoms with Crippen molar-refractivity contribution in [1.29, 1.82) is 0 Å². The van der Waals surface area contributed by atoms with Crippen LogP contribution < -0.4 is 9.62 Å². The van der Waals surface area contributed by atoms with Crippen LogP contribution in [0.5, 0.6) is 0 Å². The van der Waals surface area contributed by atoms with E-state index in [1.807, 2.05) is 64.1 Å². The molecule has 0 spiro atoms. The third kappa shape index (κ3) is 8.98. The second-order valence-corrected chi connectivity index (χ2v) is 13.9. The fourth-order valence-electron chi connectivity index (χ4n) is 5.09. The SMILES string of the molecule is CCCCNC(=O)C(Cc1ccccc1)N(Cc1ccc(Cl)cc1)C(=O)CN(c1ccc(C)c(C)c1)S(=O)(=O)c1ccc(C)cc1. The van der Waals surface area contributed by atoms with E-state index in [2.05, 4.69) is 5.32 Å². The molecule has 0 radical (unpaired) electrons. The van der Waals surface area contributed by atoms with Gasteiger partial charge < -0.3 is 10.2 Å². The van der Waals surface area contributed by atoms with Gasteiger partial charge in [0.05, 0.1) is 10.6 Å². The summed E-state index contributed by atoms with van der Waals surface area (Å²) in [6.07, 6.45) is 1.95. The number of rotatable bonds is 14. The van der Waals surface area contributed by atoms with Gasteiger partial charge in [-0.3, -0.25) is 13.9 Å². The maximum absolute atomic E-state index is 14.6. The van der Waals surface area contributed by atoms with Crippen molar-refractivity contribution < 1.29 is 18.0 Å². The van der Waals surface area contributed by atoms with Gasteiger partial charge in [0.1, 0.15) is 12.6 Å². The molecule has 1 unspecified atom stereocenters. The third-order valence-electron chi connectivity index (χ3n) is 8.03. The molecular formula is C37H42ClN3O4S. The first-order chi connectivity index (χ1) is 22.0. The second kappa shape index (κ2) is 15.9. The number of anilines is 1. The summed E-state index contributed by atoms with van der Waals surface area (Å²) in [6.45, 7) is 7.83. The van der Waals surface area contributed by atoms with Gasteiger partial charge in [-0.2, -0.15) is 0 Å². The van der Waals surface area contributed by atoms with E-state index in [0.717, 1.165) is 45.0 Å². The zero-order valence-corrected chi connectivity index (χ0v) is 28.4. The number of nitrogens with one attached hydrogen (secondary N) is 1. The second-order valence-electron chi connectivity index (χ2n) is 11.6. The molecule has 46 heavy (non-hydrogen) atoms. The molecule has 7 nitrogen and oxygen atoms in total. The number of carbonyl (C=O) groups is 2. The Labute approximate surface area is 278 Å². The van der Waals surface area contributed by atoms with Crippen LogP contribution >= 0.6 is 11.6 Å². The van der Waals surface area contributed by atoms with Gasteiger partial charge in [0.15, 0.2) is 0 Å². The van der Waals surface area contributed by atoms with Crippen molar-refractivity contribution in [1.82, 2.24) is 10.2 Å². The molecule has 1 atom stereocenters. The Bertz CT molecular complexity index is 1730. The maximum atomic E-state index is 14.6. The number of hydrogen-bond donors (Lipinski definition) is 1. The van der Waals surface area contributed by atoms with Crippen LogP contribution in [0.4, 0.5) is 5.69 Å². The van der Waals surface area contributed by atoms with Gasteiger partial charge in [0.2, 0.25) is 11.8 Å². The molecule has 2 amide bonds. The predicted octanol–water partition coefficient (Wildman–Crippen LogP) is 7.02. The molecule has 0 aliphatic heterocycles. The molecular weight excluding hydrogens is 618 g/mol. The quantitative estimate of drug-likeness (QED) is 0.148. The van der Waals surface area contributed by atoms with Crippen LogP contribution in [0.2, 0.25) is 5.02 Å². The molecule has 0 aliphatic rings. The Kier molecular flexibility index (Phi) is 12.0. The summed E-state index contributed by atoms with van der Waals surface area (Å²) >= 11 is 6.16. The first-order valence-corrected chi connectivity index (χ1v) is 17.3. The highest BCUT2D eigenvalue weighted by molar-refractivity contribution is 7.92. The van der Waals surface area contributed by atoms with Crippen molar-refractivity contribution in [2.75, 3.05) is 17.4 Å². The van der Waals surface area contributed by atoms with E-state index in [0.29, 0.717) is 17.3 Å². The van der Waals surface area contributed by atoms with Gasteiger partial charge in [0.25, 0.3) is 10.0 Å². The van der Waals surface area contributed by atoms with E-state index < -0.39 is 28.5 Å². The lowest BCUT2D eigenvalue weighted by atomic mass is 10.0. The maximum Gasteiger partial charge on any atom is 0.264 e. The molecule has 0 bridgehead atoms. The molecule has 0 aliphatic carbocycles. The fourth-order valence-corrected chi connectivity index (χ4v) is 6.63. The molecule has 9 heteroatoms. The Morgan fingerprint density at radius 3 is 2.13 bits per heavy atom. The zero-order valence-electron chi connectivity index (χ0n) is 26.9. The van der Waals surface area contributed by atoms with Gasteiger partial charge in [-0.25, -0.2) is 8.42 Å². The van der Waals surface area contributed by atoms with Crippen molar-refractivity contribution in [3.8, 4) is 0 Å². The minimum atomic E-state index is -4.16. The molecule has 0 aromatic heterocycles. The summed E-state index contributed by atoms with van der Waals surface area (Å²) < 4.78 is 29.6. The Morgan fingerprint density at radius 2 is 1.50 bits per heavy atom. The summed E-state index contributed by atoms with van der Waals surface area (Å²) in [6, 6.07) is 27.6. The normalized spacial score (nSPS) is 11.9. The topological polar surface area (TPSA) is 86.8 Å².